The fraction of sp³-hybridized carbons (Fsp3) is 0.176. The molecule has 0 atom stereocenters. The lowest BCUT2D eigenvalue weighted by atomic mass is 9.99. The Morgan fingerprint density at radius 1 is 0.909 bits per heavy atom. The van der Waals surface area contributed by atoms with Gasteiger partial charge in [-0.25, -0.2) is 0 Å². The Bertz CT molecular complexity index is 701. The van der Waals surface area contributed by atoms with Gasteiger partial charge in [0.2, 0.25) is 0 Å². The first-order valence-corrected chi connectivity index (χ1v) is 6.58. The molecule has 0 aliphatic heterocycles. The number of aryl methyl sites for hydroxylation is 1. The van der Waals surface area contributed by atoms with Crippen molar-refractivity contribution in [1.82, 2.24) is 0 Å². The molecule has 0 N–H and O–H groups in total. The van der Waals surface area contributed by atoms with Gasteiger partial charge in [0, 0.05) is 11.1 Å². The van der Waals surface area contributed by atoms with Gasteiger partial charge in [0.25, 0.3) is 0 Å². The number of carbonyl (C=O) groups is 2. The molecule has 2 nitrogen and oxygen atoms in total. The topological polar surface area (TPSA) is 34.1 Å². The fourth-order valence-corrected chi connectivity index (χ4v) is 1.96. The molecule has 5 heteroatoms. The van der Waals surface area contributed by atoms with Crippen molar-refractivity contribution < 1.29 is 22.8 Å². The predicted octanol–water partition coefficient (Wildman–Crippen LogP) is 4.47. The fourth-order valence-electron chi connectivity index (χ4n) is 1.96. The van der Waals surface area contributed by atoms with E-state index in [4.69, 9.17) is 0 Å². The number of halogens is 3. The number of rotatable bonds is 4. The van der Waals surface area contributed by atoms with E-state index in [-0.39, 0.29) is 5.56 Å². The Kier molecular flexibility index (Phi) is 4.45. The van der Waals surface area contributed by atoms with Crippen molar-refractivity contribution in [3.63, 3.8) is 0 Å². The number of Topliss-reactive ketones (excluding diaryl/α,β-unsaturated/α-hetero) is 2. The molecular weight excluding hydrogens is 293 g/mol. The minimum Gasteiger partial charge on any atom is -0.294 e. The maximum absolute atomic E-state index is 12.6. The summed E-state index contributed by atoms with van der Waals surface area (Å²) in [7, 11) is 0. The summed E-state index contributed by atoms with van der Waals surface area (Å²) in [6.07, 6.45) is -4.97. The van der Waals surface area contributed by atoms with Crippen LogP contribution in [0, 0.1) is 6.92 Å². The minimum absolute atomic E-state index is 0.115. The van der Waals surface area contributed by atoms with E-state index in [2.05, 4.69) is 0 Å². The molecule has 2 aromatic carbocycles. The molecule has 0 aromatic heterocycles. The van der Waals surface area contributed by atoms with E-state index in [1.54, 1.807) is 24.3 Å². The van der Waals surface area contributed by atoms with Crippen molar-refractivity contribution in [1.29, 1.82) is 0 Å². The van der Waals surface area contributed by atoms with E-state index < -0.39 is 29.7 Å². The molecule has 0 bridgehead atoms. The van der Waals surface area contributed by atoms with Gasteiger partial charge in [-0.3, -0.25) is 9.59 Å². The van der Waals surface area contributed by atoms with E-state index in [0.717, 1.165) is 23.8 Å². The highest BCUT2D eigenvalue weighted by Gasteiger charge is 2.31. The maximum atomic E-state index is 12.6. The summed E-state index contributed by atoms with van der Waals surface area (Å²) in [6, 6.07) is 10.8. The summed E-state index contributed by atoms with van der Waals surface area (Å²) in [5.74, 6) is -1.04. The number of hydrogen-bond donors (Lipinski definition) is 0. The van der Waals surface area contributed by atoms with Gasteiger partial charge < -0.3 is 0 Å². The third-order valence-electron chi connectivity index (χ3n) is 3.21. The highest BCUT2D eigenvalue weighted by Crippen LogP contribution is 2.29. The molecule has 0 saturated heterocycles. The average molecular weight is 306 g/mol. The molecule has 0 aliphatic rings. The Hall–Kier alpha value is -2.43. The second-order valence-electron chi connectivity index (χ2n) is 4.97. The van der Waals surface area contributed by atoms with Crippen molar-refractivity contribution in [3.05, 3.63) is 70.8 Å². The van der Waals surface area contributed by atoms with E-state index in [1.165, 1.54) is 6.07 Å². The van der Waals surface area contributed by atoms with Crippen molar-refractivity contribution in [2.45, 2.75) is 19.5 Å². The Morgan fingerprint density at radius 2 is 1.50 bits per heavy atom. The molecule has 0 spiro atoms. The van der Waals surface area contributed by atoms with Crippen LogP contribution in [0.2, 0.25) is 0 Å². The normalized spacial score (nSPS) is 11.3. The monoisotopic (exact) mass is 306 g/mol. The molecule has 2 aromatic rings. The van der Waals surface area contributed by atoms with E-state index in [0.29, 0.717) is 5.56 Å². The molecule has 0 unspecified atom stereocenters. The van der Waals surface area contributed by atoms with Crippen LogP contribution in [-0.4, -0.2) is 11.6 Å². The number of carbonyl (C=O) groups excluding carboxylic acids is 2. The summed E-state index contributed by atoms with van der Waals surface area (Å²) < 4.78 is 37.9. The molecular formula is C17H13F3O2. The first-order chi connectivity index (χ1) is 10.3. The van der Waals surface area contributed by atoms with Gasteiger partial charge in [-0.2, -0.15) is 13.2 Å². The first kappa shape index (κ1) is 15.9. The van der Waals surface area contributed by atoms with E-state index in [9.17, 15) is 22.8 Å². The molecule has 114 valence electrons. The van der Waals surface area contributed by atoms with Crippen LogP contribution in [0.15, 0.2) is 48.5 Å². The summed E-state index contributed by atoms with van der Waals surface area (Å²) >= 11 is 0. The Morgan fingerprint density at radius 3 is 2.09 bits per heavy atom. The molecule has 2 rings (SSSR count). The van der Waals surface area contributed by atoms with Gasteiger partial charge >= 0.3 is 6.18 Å². The molecule has 0 saturated carbocycles. The third kappa shape index (κ3) is 3.81. The van der Waals surface area contributed by atoms with Crippen LogP contribution in [0.3, 0.4) is 0 Å². The highest BCUT2D eigenvalue weighted by molar-refractivity contribution is 6.13. The third-order valence-corrected chi connectivity index (χ3v) is 3.21. The van der Waals surface area contributed by atoms with Crippen LogP contribution in [-0.2, 0) is 6.18 Å². The number of benzene rings is 2. The number of alkyl halides is 3. The molecule has 0 amide bonds. The molecule has 0 aliphatic carbocycles. The number of hydrogen-bond acceptors (Lipinski definition) is 2. The van der Waals surface area contributed by atoms with Crippen LogP contribution >= 0.6 is 0 Å². The molecule has 0 fully saturated rings. The largest absolute Gasteiger partial charge is 0.416 e. The lowest BCUT2D eigenvalue weighted by molar-refractivity contribution is -0.137. The first-order valence-electron chi connectivity index (χ1n) is 6.58. The Balaban J connectivity index is 2.15. The lowest BCUT2D eigenvalue weighted by Crippen LogP contribution is -2.11. The van der Waals surface area contributed by atoms with Crippen LogP contribution < -0.4 is 0 Å². The molecule has 22 heavy (non-hydrogen) atoms. The van der Waals surface area contributed by atoms with E-state index in [1.807, 2.05) is 6.92 Å². The van der Waals surface area contributed by atoms with Crippen LogP contribution in [0.4, 0.5) is 13.2 Å². The zero-order chi connectivity index (χ0) is 16.3. The lowest BCUT2D eigenvalue weighted by Gasteiger charge is -2.08. The zero-order valence-electron chi connectivity index (χ0n) is 11.8. The van der Waals surface area contributed by atoms with Crippen LogP contribution in [0.25, 0.3) is 0 Å². The van der Waals surface area contributed by atoms with Gasteiger partial charge in [-0.1, -0.05) is 42.0 Å². The van der Waals surface area contributed by atoms with Crippen molar-refractivity contribution in [3.8, 4) is 0 Å². The highest BCUT2D eigenvalue weighted by atomic mass is 19.4. The average Bonchev–Trinajstić information content (AvgIpc) is 2.47. The quantitative estimate of drug-likeness (QED) is 0.617. The van der Waals surface area contributed by atoms with Crippen LogP contribution in [0.1, 0.15) is 38.3 Å². The standard InChI is InChI=1S/C17H13F3O2/c1-11-5-7-12(8-6-11)15(21)10-16(22)13-3-2-4-14(9-13)17(18,19)20/h2-9H,10H2,1H3. The van der Waals surface area contributed by atoms with Gasteiger partial charge in [0.05, 0.1) is 12.0 Å². The van der Waals surface area contributed by atoms with Crippen molar-refractivity contribution >= 4 is 11.6 Å². The van der Waals surface area contributed by atoms with Crippen molar-refractivity contribution in [2.75, 3.05) is 0 Å². The number of ketones is 2. The second kappa shape index (κ2) is 6.13. The van der Waals surface area contributed by atoms with Crippen LogP contribution in [0.5, 0.6) is 0 Å². The van der Waals surface area contributed by atoms with Gasteiger partial charge in [-0.05, 0) is 19.1 Å². The summed E-state index contributed by atoms with van der Waals surface area (Å²) in [5, 5.41) is 0. The SMILES string of the molecule is Cc1ccc(C(=O)CC(=O)c2cccc(C(F)(F)F)c2)cc1. The van der Waals surface area contributed by atoms with Gasteiger partial charge in [0.1, 0.15) is 0 Å². The van der Waals surface area contributed by atoms with Gasteiger partial charge in [-0.15, -0.1) is 0 Å². The predicted molar refractivity (Wildman–Crippen MR) is 75.9 cm³/mol. The summed E-state index contributed by atoms with van der Waals surface area (Å²) in [4.78, 5) is 24.0. The Labute approximate surface area is 125 Å². The molecule has 0 heterocycles. The minimum atomic E-state index is -4.52. The zero-order valence-corrected chi connectivity index (χ0v) is 11.8. The second-order valence-corrected chi connectivity index (χ2v) is 4.97. The summed E-state index contributed by atoms with van der Waals surface area (Å²) in [6.45, 7) is 1.86. The maximum Gasteiger partial charge on any atom is 0.416 e. The van der Waals surface area contributed by atoms with Gasteiger partial charge in [0.15, 0.2) is 11.6 Å². The molecule has 0 radical (unpaired) electrons. The van der Waals surface area contributed by atoms with Crippen molar-refractivity contribution in [2.24, 2.45) is 0 Å². The smallest absolute Gasteiger partial charge is 0.294 e. The summed E-state index contributed by atoms with van der Waals surface area (Å²) in [5.41, 5.74) is 0.322. The van der Waals surface area contributed by atoms with E-state index >= 15 is 0 Å².